The van der Waals surface area contributed by atoms with Crippen LogP contribution in [0.2, 0.25) is 0 Å². The molecule has 1 saturated heterocycles. The molecular weight excluding hydrogens is 820 g/mol. The fraction of sp³-hybridized carbons (Fsp3) is 0.744. The number of nitrogens with zero attached hydrogens (tertiary/aromatic N) is 1. The van der Waals surface area contributed by atoms with Crippen molar-refractivity contribution in [1.29, 1.82) is 0 Å². The van der Waals surface area contributed by atoms with Crippen molar-refractivity contribution in [3.63, 3.8) is 0 Å². The van der Waals surface area contributed by atoms with Gasteiger partial charge in [-0.05, 0) is 56.8 Å². The lowest BCUT2D eigenvalue weighted by atomic mass is 9.96. The van der Waals surface area contributed by atoms with Gasteiger partial charge in [0.15, 0.2) is 6.04 Å². The molecule has 0 aromatic carbocycles. The third-order valence-electron chi connectivity index (χ3n) is 10.3. The van der Waals surface area contributed by atoms with Crippen molar-refractivity contribution in [1.82, 2.24) is 36.8 Å². The van der Waals surface area contributed by atoms with E-state index in [-0.39, 0.29) is 38.1 Å². The van der Waals surface area contributed by atoms with Crippen LogP contribution in [0.15, 0.2) is 0 Å². The van der Waals surface area contributed by atoms with Crippen molar-refractivity contribution in [3.8, 4) is 0 Å². The van der Waals surface area contributed by atoms with Gasteiger partial charge in [-0.15, -0.1) is 0 Å². The van der Waals surface area contributed by atoms with Gasteiger partial charge in [-0.2, -0.15) is 0 Å². The molecule has 0 aliphatic carbocycles. The summed E-state index contributed by atoms with van der Waals surface area (Å²) in [6, 6.07) is -11.2. The number of carbonyl (C=O) groups excluding carboxylic acids is 7. The molecule has 62 heavy (non-hydrogen) atoms. The number of likely N-dealkylation sites (tertiary alicyclic amines) is 1. The lowest BCUT2D eigenvalue weighted by Gasteiger charge is -2.32. The zero-order valence-corrected chi connectivity index (χ0v) is 36.3. The molecule has 23 heteroatoms. The Morgan fingerprint density at radius 1 is 0.661 bits per heavy atom. The molecule has 0 saturated carbocycles. The van der Waals surface area contributed by atoms with Gasteiger partial charge in [0.2, 0.25) is 41.4 Å². The van der Waals surface area contributed by atoms with Crippen LogP contribution in [0.3, 0.4) is 0 Å². The fourth-order valence-corrected chi connectivity index (χ4v) is 6.50. The Labute approximate surface area is 360 Å². The predicted octanol–water partition coefficient (Wildman–Crippen LogP) is -2.85. The fourth-order valence-electron chi connectivity index (χ4n) is 6.50. The van der Waals surface area contributed by atoms with E-state index in [9.17, 15) is 68.4 Å². The van der Waals surface area contributed by atoms with Crippen LogP contribution >= 0.6 is 0 Å². The predicted molar refractivity (Wildman–Crippen MR) is 218 cm³/mol. The van der Waals surface area contributed by atoms with Gasteiger partial charge in [-0.1, -0.05) is 48.0 Å². The van der Waals surface area contributed by atoms with Gasteiger partial charge in [0.1, 0.15) is 36.3 Å². The van der Waals surface area contributed by atoms with E-state index in [0.29, 0.717) is 12.8 Å². The minimum absolute atomic E-state index is 0.0369. The van der Waals surface area contributed by atoms with E-state index in [1.807, 2.05) is 5.32 Å². The number of carbonyl (C=O) groups is 10. The first kappa shape index (κ1) is 54.6. The number of amides is 7. The van der Waals surface area contributed by atoms with Crippen molar-refractivity contribution in [2.45, 2.75) is 154 Å². The van der Waals surface area contributed by atoms with Crippen LogP contribution in [0.25, 0.3) is 0 Å². The summed E-state index contributed by atoms with van der Waals surface area (Å²) in [6.07, 6.45) is -2.26. The molecule has 23 nitrogen and oxygen atoms in total. The Bertz CT molecular complexity index is 1610. The molecule has 0 bridgehead atoms. The number of aliphatic hydroxyl groups is 2. The third kappa shape index (κ3) is 17.5. The highest BCUT2D eigenvalue weighted by atomic mass is 16.4. The van der Waals surface area contributed by atoms with Crippen LogP contribution in [-0.4, -0.2) is 157 Å². The quantitative estimate of drug-likeness (QED) is 0.0395. The topological polar surface area (TPSA) is 373 Å². The average Bonchev–Trinajstić information content (AvgIpc) is 3.69. The number of nitrogens with one attached hydrogen (secondary N) is 6. The van der Waals surface area contributed by atoms with Crippen molar-refractivity contribution < 1.29 is 73.5 Å². The average molecular weight is 887 g/mol. The highest BCUT2D eigenvalue weighted by molar-refractivity contribution is 5.98. The molecule has 1 fully saturated rings. The summed E-state index contributed by atoms with van der Waals surface area (Å²) in [5, 5.41) is 61.8. The molecule has 1 heterocycles. The van der Waals surface area contributed by atoms with Crippen molar-refractivity contribution in [3.05, 3.63) is 0 Å². The van der Waals surface area contributed by atoms with Crippen LogP contribution in [0, 0.1) is 17.8 Å². The van der Waals surface area contributed by atoms with Crippen LogP contribution in [0.5, 0.6) is 0 Å². The standard InChI is InChI=1S/C39H66N8O15/c1-8-20(6)30(45-32(54)22(40)11-13-27(50)51)37(59)42-24(16-18(2)3)34(56)41-23(12-14-28(52)53)33(55)44-29(19(4)5)38(60)47-15-9-10-26(47)36(58)43-25(17-48)35(57)46-31(21(7)49)39(61)62/h18-26,29-31,48-49H,8-17,40H2,1-7H3,(H,41,56)(H,42,59)(H,43,58)(H,44,55)(H,45,54)(H,46,57)(H,50,51)(H,52,53)(H,61,62)/t20-,21+,22-,23-,24-,25-,26-,29-,30-,31-/m0/s1. The van der Waals surface area contributed by atoms with Crippen LogP contribution in [-0.2, 0) is 47.9 Å². The summed E-state index contributed by atoms with van der Waals surface area (Å²) < 4.78 is 0. The molecule has 13 N–H and O–H groups in total. The number of aliphatic hydroxyl groups excluding tert-OH is 2. The third-order valence-corrected chi connectivity index (χ3v) is 10.3. The van der Waals surface area contributed by atoms with E-state index < -0.39 is 145 Å². The summed E-state index contributed by atoms with van der Waals surface area (Å²) in [5.74, 6) is -11.4. The second kappa shape index (κ2) is 26.1. The number of aliphatic carboxylic acids is 3. The van der Waals surface area contributed by atoms with Crippen molar-refractivity contribution in [2.24, 2.45) is 23.5 Å². The zero-order valence-electron chi connectivity index (χ0n) is 36.3. The van der Waals surface area contributed by atoms with E-state index in [1.165, 1.54) is 0 Å². The molecule has 0 spiro atoms. The maximum Gasteiger partial charge on any atom is 0.328 e. The minimum Gasteiger partial charge on any atom is -0.481 e. The molecule has 1 rings (SSSR count). The maximum absolute atomic E-state index is 14.0. The van der Waals surface area contributed by atoms with Gasteiger partial charge < -0.3 is 68.1 Å². The van der Waals surface area contributed by atoms with Crippen molar-refractivity contribution >= 4 is 59.3 Å². The number of carboxylic acids is 3. The smallest absolute Gasteiger partial charge is 0.328 e. The molecule has 1 aliphatic heterocycles. The highest BCUT2D eigenvalue weighted by Crippen LogP contribution is 2.21. The normalized spacial score (nSPS) is 18.1. The zero-order chi connectivity index (χ0) is 47.6. The first-order chi connectivity index (χ1) is 28.9. The lowest BCUT2D eigenvalue weighted by molar-refractivity contribution is -0.146. The lowest BCUT2D eigenvalue weighted by Crippen LogP contribution is -2.61. The van der Waals surface area contributed by atoms with E-state index in [4.69, 9.17) is 10.8 Å². The monoisotopic (exact) mass is 886 g/mol. The van der Waals surface area contributed by atoms with Gasteiger partial charge in [0.25, 0.3) is 0 Å². The van der Waals surface area contributed by atoms with Crippen molar-refractivity contribution in [2.75, 3.05) is 13.2 Å². The SMILES string of the molecule is CC[C@H](C)[C@H](NC(=O)[C@@H](N)CCC(=O)O)C(=O)N[C@@H](CC(C)C)C(=O)N[C@@H](CCC(=O)O)C(=O)N[C@H](C(=O)N1CCC[C@H]1C(=O)N[C@@H](CO)C(=O)N[C@H](C(=O)O)[C@@H](C)O)C(C)C. The van der Waals surface area contributed by atoms with Gasteiger partial charge >= 0.3 is 17.9 Å². The van der Waals surface area contributed by atoms with E-state index in [1.54, 1.807) is 41.5 Å². The molecule has 10 atom stereocenters. The summed E-state index contributed by atoms with van der Waals surface area (Å²) in [6.45, 7) is 10.3. The van der Waals surface area contributed by atoms with Gasteiger partial charge in [0, 0.05) is 19.4 Å². The van der Waals surface area contributed by atoms with Gasteiger partial charge in [-0.3, -0.25) is 43.2 Å². The molecule has 1 aliphatic rings. The summed E-state index contributed by atoms with van der Waals surface area (Å²) in [5.41, 5.74) is 5.86. The highest BCUT2D eigenvalue weighted by Gasteiger charge is 2.41. The Balaban J connectivity index is 3.31. The maximum atomic E-state index is 14.0. The van der Waals surface area contributed by atoms with E-state index >= 15 is 0 Å². The van der Waals surface area contributed by atoms with Crippen LogP contribution in [0.1, 0.15) is 99.8 Å². The Kier molecular flexibility index (Phi) is 23.0. The summed E-state index contributed by atoms with van der Waals surface area (Å²) in [4.78, 5) is 130. The molecule has 0 aromatic heterocycles. The summed E-state index contributed by atoms with van der Waals surface area (Å²) >= 11 is 0. The number of hydrogen-bond donors (Lipinski definition) is 12. The Hall–Kier alpha value is -5.42. The molecule has 0 aromatic rings. The number of carboxylic acid groups (broad SMARTS) is 3. The minimum atomic E-state index is -1.75. The van der Waals surface area contributed by atoms with E-state index in [0.717, 1.165) is 11.8 Å². The molecule has 7 amide bonds. The summed E-state index contributed by atoms with van der Waals surface area (Å²) in [7, 11) is 0. The second-order valence-corrected chi connectivity index (χ2v) is 16.3. The largest absolute Gasteiger partial charge is 0.481 e. The van der Waals surface area contributed by atoms with Crippen LogP contribution < -0.4 is 37.6 Å². The van der Waals surface area contributed by atoms with Crippen LogP contribution in [0.4, 0.5) is 0 Å². The molecule has 352 valence electrons. The van der Waals surface area contributed by atoms with Gasteiger partial charge in [0.05, 0.1) is 18.8 Å². The first-order valence-electron chi connectivity index (χ1n) is 20.7. The number of nitrogens with two attached hydrogens (primary N) is 1. The van der Waals surface area contributed by atoms with Gasteiger partial charge in [-0.25, -0.2) is 4.79 Å². The Morgan fingerprint density at radius 3 is 1.68 bits per heavy atom. The second-order valence-electron chi connectivity index (χ2n) is 16.3. The number of hydrogen-bond acceptors (Lipinski definition) is 13. The molecular formula is C39H66N8O15. The number of rotatable bonds is 27. The molecule has 0 radical (unpaired) electrons. The van der Waals surface area contributed by atoms with E-state index in [2.05, 4.69) is 26.6 Å². The molecule has 0 unspecified atom stereocenters. The Morgan fingerprint density at radius 2 is 1.18 bits per heavy atom. The first-order valence-corrected chi connectivity index (χ1v) is 20.7.